The Morgan fingerprint density at radius 2 is 2.10 bits per heavy atom. The summed E-state index contributed by atoms with van der Waals surface area (Å²) < 4.78 is 16.1. The number of aliphatic hydroxyl groups is 1. The number of ether oxygens (including phenoxy) is 3. The Hall–Kier alpha value is -3.06. The predicted octanol–water partition coefficient (Wildman–Crippen LogP) is 2.75. The van der Waals surface area contributed by atoms with E-state index in [1.807, 2.05) is 13.0 Å². The molecule has 2 N–H and O–H groups in total. The Balaban J connectivity index is 1.91. The summed E-state index contributed by atoms with van der Waals surface area (Å²) in [6.07, 6.45) is 4.33. The summed E-state index contributed by atoms with van der Waals surface area (Å²) in [5, 5.41) is 21.0. The normalized spacial score (nSPS) is 24.1. The van der Waals surface area contributed by atoms with E-state index < -0.39 is 23.5 Å². The molecule has 0 saturated heterocycles. The summed E-state index contributed by atoms with van der Waals surface area (Å²) in [6.45, 7) is 4.86. The number of aryl methyl sites for hydroxylation is 1. The molecular weight excluding hydrogens is 376 g/mol. The lowest BCUT2D eigenvalue weighted by Crippen LogP contribution is -2.53. The third-order valence-corrected chi connectivity index (χ3v) is 5.16. The van der Waals surface area contributed by atoms with Gasteiger partial charge in [-0.2, -0.15) is 0 Å². The second-order valence-corrected chi connectivity index (χ2v) is 7.25. The zero-order valence-corrected chi connectivity index (χ0v) is 16.8. The minimum Gasteiger partial charge on any atom is -0.507 e. The number of phenols is 1. The highest BCUT2D eigenvalue weighted by Gasteiger charge is 2.48. The molecule has 2 atom stereocenters. The van der Waals surface area contributed by atoms with E-state index in [0.29, 0.717) is 28.2 Å². The largest absolute Gasteiger partial charge is 0.507 e. The fourth-order valence-electron chi connectivity index (χ4n) is 3.52. The van der Waals surface area contributed by atoms with E-state index in [-0.39, 0.29) is 24.3 Å². The highest BCUT2D eigenvalue weighted by atomic mass is 16.6. The molecular formula is C22H24O7. The number of benzene rings is 1. The van der Waals surface area contributed by atoms with Gasteiger partial charge in [0.25, 0.3) is 0 Å². The molecule has 154 valence electrons. The van der Waals surface area contributed by atoms with Crippen molar-refractivity contribution >= 4 is 11.8 Å². The zero-order valence-electron chi connectivity index (χ0n) is 16.8. The number of phenolic OH excluding ortho intramolecular Hbond substituents is 1. The first-order valence-electron chi connectivity index (χ1n) is 9.24. The van der Waals surface area contributed by atoms with Crippen LogP contribution in [0.15, 0.2) is 47.3 Å². The molecule has 1 aliphatic heterocycles. The first-order valence-corrected chi connectivity index (χ1v) is 9.24. The summed E-state index contributed by atoms with van der Waals surface area (Å²) >= 11 is 0. The van der Waals surface area contributed by atoms with Crippen LogP contribution in [0.2, 0.25) is 0 Å². The third kappa shape index (κ3) is 3.78. The Bertz CT molecular complexity index is 927. The predicted molar refractivity (Wildman–Crippen MR) is 105 cm³/mol. The second kappa shape index (κ2) is 7.75. The van der Waals surface area contributed by atoms with E-state index in [0.717, 1.165) is 0 Å². The van der Waals surface area contributed by atoms with Gasteiger partial charge in [-0.1, -0.05) is 6.08 Å². The number of carbonyl (C=O) groups excluding carboxylic acids is 2. The van der Waals surface area contributed by atoms with E-state index in [1.165, 1.54) is 20.1 Å². The molecule has 1 heterocycles. The highest BCUT2D eigenvalue weighted by molar-refractivity contribution is 6.05. The molecule has 3 rings (SSSR count). The molecule has 7 nitrogen and oxygen atoms in total. The lowest BCUT2D eigenvalue weighted by Gasteiger charge is -2.38. The van der Waals surface area contributed by atoms with Gasteiger partial charge in [0, 0.05) is 18.1 Å². The minimum absolute atomic E-state index is 0.0362. The number of rotatable bonds is 4. The van der Waals surface area contributed by atoms with Crippen molar-refractivity contribution in [2.45, 2.75) is 38.9 Å². The molecule has 0 spiro atoms. The topological polar surface area (TPSA) is 102 Å². The van der Waals surface area contributed by atoms with Crippen molar-refractivity contribution in [3.8, 4) is 11.5 Å². The minimum atomic E-state index is -1.90. The number of esters is 1. The summed E-state index contributed by atoms with van der Waals surface area (Å²) in [6, 6.07) is 2.89. The molecule has 0 bridgehead atoms. The van der Waals surface area contributed by atoms with Crippen molar-refractivity contribution in [2.75, 3.05) is 13.7 Å². The van der Waals surface area contributed by atoms with E-state index in [4.69, 9.17) is 14.2 Å². The van der Waals surface area contributed by atoms with Crippen molar-refractivity contribution < 1.29 is 34.0 Å². The number of Topliss-reactive ketones (excluding diaryl/α,β-unsaturated/α-hetero) is 1. The molecule has 0 saturated carbocycles. The summed E-state index contributed by atoms with van der Waals surface area (Å²) in [5.74, 6) is -0.670. The monoisotopic (exact) mass is 400 g/mol. The van der Waals surface area contributed by atoms with E-state index in [1.54, 1.807) is 25.1 Å². The van der Waals surface area contributed by atoms with Gasteiger partial charge in [-0.3, -0.25) is 4.79 Å². The molecule has 0 aromatic heterocycles. The molecule has 1 aromatic carbocycles. The lowest BCUT2D eigenvalue weighted by atomic mass is 9.77. The van der Waals surface area contributed by atoms with Crippen LogP contribution in [-0.2, 0) is 14.3 Å². The van der Waals surface area contributed by atoms with E-state index in [9.17, 15) is 19.8 Å². The number of carbonyl (C=O) groups is 2. The average molecular weight is 400 g/mol. The van der Waals surface area contributed by atoms with Gasteiger partial charge in [0.2, 0.25) is 0 Å². The van der Waals surface area contributed by atoms with E-state index >= 15 is 0 Å². The van der Waals surface area contributed by atoms with Crippen LogP contribution in [0.4, 0.5) is 0 Å². The molecule has 0 unspecified atom stereocenters. The Kier molecular flexibility index (Phi) is 5.53. The lowest BCUT2D eigenvalue weighted by molar-refractivity contribution is -0.146. The smallest absolute Gasteiger partial charge is 0.342 e. The molecule has 1 aliphatic carbocycles. The summed E-state index contributed by atoms with van der Waals surface area (Å²) in [5.41, 5.74) is -0.450. The first-order chi connectivity index (χ1) is 13.7. The number of allylic oxidation sites excluding steroid dienone is 3. The van der Waals surface area contributed by atoms with Gasteiger partial charge in [-0.05, 0) is 50.1 Å². The highest BCUT2D eigenvalue weighted by Crippen LogP contribution is 2.37. The van der Waals surface area contributed by atoms with E-state index in [2.05, 4.69) is 0 Å². The van der Waals surface area contributed by atoms with Crippen LogP contribution in [0.1, 0.15) is 36.2 Å². The van der Waals surface area contributed by atoms with Gasteiger partial charge in [-0.15, -0.1) is 0 Å². The van der Waals surface area contributed by atoms with Crippen LogP contribution >= 0.6 is 0 Å². The van der Waals surface area contributed by atoms with Crippen molar-refractivity contribution in [3.05, 3.63) is 58.4 Å². The second-order valence-electron chi connectivity index (χ2n) is 7.25. The van der Waals surface area contributed by atoms with Gasteiger partial charge >= 0.3 is 5.97 Å². The number of methoxy groups -OCH3 is 1. The van der Waals surface area contributed by atoms with Gasteiger partial charge in [0.05, 0.1) is 7.11 Å². The Morgan fingerprint density at radius 1 is 1.38 bits per heavy atom. The Morgan fingerprint density at radius 3 is 2.72 bits per heavy atom. The maximum atomic E-state index is 12.8. The summed E-state index contributed by atoms with van der Waals surface area (Å²) in [4.78, 5) is 25.6. The van der Waals surface area contributed by atoms with Gasteiger partial charge in [0.1, 0.15) is 35.5 Å². The molecule has 0 fully saturated rings. The quantitative estimate of drug-likeness (QED) is 0.749. The molecule has 0 amide bonds. The van der Waals surface area contributed by atoms with Crippen molar-refractivity contribution in [3.63, 3.8) is 0 Å². The van der Waals surface area contributed by atoms with Gasteiger partial charge < -0.3 is 24.4 Å². The number of hydrogen-bond donors (Lipinski definition) is 2. The van der Waals surface area contributed by atoms with Crippen LogP contribution in [0.3, 0.4) is 0 Å². The standard InChI is InChI=1S/C22H24O7/c1-5-6-14-8-13-9-18(22(3,26)20(24)16(13)11-28-14)29-21(25)19-12(2)7-15(27-4)10-17(19)23/h5-8,10,18,23,26H,9,11H2,1-4H3/t18-,22-/m0/s1. The van der Waals surface area contributed by atoms with Crippen molar-refractivity contribution in [1.82, 2.24) is 0 Å². The van der Waals surface area contributed by atoms with Crippen LogP contribution in [0.25, 0.3) is 0 Å². The van der Waals surface area contributed by atoms with Crippen LogP contribution in [0.5, 0.6) is 11.5 Å². The number of aromatic hydroxyl groups is 1. The molecule has 2 aliphatic rings. The maximum absolute atomic E-state index is 12.8. The van der Waals surface area contributed by atoms with Crippen molar-refractivity contribution in [1.29, 1.82) is 0 Å². The molecule has 7 heteroatoms. The molecule has 1 aromatic rings. The van der Waals surface area contributed by atoms with Crippen LogP contribution in [0, 0.1) is 6.92 Å². The van der Waals surface area contributed by atoms with Crippen LogP contribution < -0.4 is 4.74 Å². The molecule has 0 radical (unpaired) electrons. The van der Waals surface area contributed by atoms with Crippen molar-refractivity contribution in [2.24, 2.45) is 0 Å². The van der Waals surface area contributed by atoms with Gasteiger partial charge in [0.15, 0.2) is 11.4 Å². The summed E-state index contributed by atoms with van der Waals surface area (Å²) in [7, 11) is 1.45. The molecule has 29 heavy (non-hydrogen) atoms. The average Bonchev–Trinajstić information content (AvgIpc) is 2.65. The Labute approximate surface area is 168 Å². The third-order valence-electron chi connectivity index (χ3n) is 5.16. The zero-order chi connectivity index (χ0) is 21.3. The van der Waals surface area contributed by atoms with Gasteiger partial charge in [-0.25, -0.2) is 4.79 Å². The fraction of sp³-hybridized carbons (Fsp3) is 0.364. The number of ketones is 1. The maximum Gasteiger partial charge on any atom is 0.342 e. The number of hydrogen-bond acceptors (Lipinski definition) is 7. The van der Waals surface area contributed by atoms with Crippen LogP contribution in [-0.4, -0.2) is 47.4 Å². The first kappa shape index (κ1) is 20.7. The SMILES string of the molecule is CC=CC1=CC2=C(CO1)C(=O)[C@@](C)(O)[C@@H](OC(=O)c1c(C)cc(OC)cc1O)C2. The fourth-order valence-corrected chi connectivity index (χ4v) is 3.52.